The molecule has 132 valence electrons. The van der Waals surface area contributed by atoms with Crippen LogP contribution in [-0.4, -0.2) is 33.7 Å². The molecule has 0 atom stereocenters. The Morgan fingerprint density at radius 2 is 2.04 bits per heavy atom. The summed E-state index contributed by atoms with van der Waals surface area (Å²) in [6.07, 6.45) is 1.61. The normalized spacial score (nSPS) is 15.9. The fourth-order valence-corrected chi connectivity index (χ4v) is 3.26. The minimum atomic E-state index is -0.202. The number of aromatic nitrogens is 2. The molecule has 6 nitrogen and oxygen atoms in total. The topological polar surface area (TPSA) is 67.2 Å². The van der Waals surface area contributed by atoms with Gasteiger partial charge in [0.25, 0.3) is 5.56 Å². The molecule has 1 N–H and O–H groups in total. The number of rotatable bonds is 4. The van der Waals surface area contributed by atoms with Gasteiger partial charge in [-0.3, -0.25) is 14.5 Å². The lowest BCUT2D eigenvalue weighted by Crippen LogP contribution is -2.38. The van der Waals surface area contributed by atoms with Crippen LogP contribution in [0.5, 0.6) is 0 Å². The first-order valence-corrected chi connectivity index (χ1v) is 8.71. The van der Waals surface area contributed by atoms with Crippen molar-refractivity contribution in [2.45, 2.75) is 19.4 Å². The highest BCUT2D eigenvalue weighted by atomic mass is 35.5. The zero-order chi connectivity index (χ0) is 17.8. The van der Waals surface area contributed by atoms with E-state index < -0.39 is 0 Å². The molecule has 0 radical (unpaired) electrons. The monoisotopic (exact) mass is 360 g/mol. The summed E-state index contributed by atoms with van der Waals surface area (Å²) in [7, 11) is 1.56. The molecule has 2 heterocycles. The molecule has 2 aromatic rings. The molecule has 1 aliphatic heterocycles. The number of nitrogens with zero attached hydrogens (tertiary/aromatic N) is 3. The molecule has 3 rings (SSSR count). The summed E-state index contributed by atoms with van der Waals surface area (Å²) in [5.41, 5.74) is 0.983. The Morgan fingerprint density at radius 3 is 2.72 bits per heavy atom. The van der Waals surface area contributed by atoms with Crippen LogP contribution in [-0.2, 0) is 18.4 Å². The van der Waals surface area contributed by atoms with E-state index in [1.807, 2.05) is 18.2 Å². The van der Waals surface area contributed by atoms with Crippen molar-refractivity contribution in [3.05, 3.63) is 57.3 Å². The smallest absolute Gasteiger partial charge is 0.266 e. The predicted octanol–water partition coefficient (Wildman–Crippen LogP) is 2.28. The van der Waals surface area contributed by atoms with E-state index in [-0.39, 0.29) is 17.4 Å². The van der Waals surface area contributed by atoms with E-state index in [1.54, 1.807) is 7.05 Å². The van der Waals surface area contributed by atoms with Crippen LogP contribution in [0.1, 0.15) is 18.4 Å². The Kier molecular flexibility index (Phi) is 5.50. The van der Waals surface area contributed by atoms with Gasteiger partial charge in [-0.05, 0) is 49.7 Å². The predicted molar refractivity (Wildman–Crippen MR) is 97.6 cm³/mol. The molecule has 0 unspecified atom stereocenters. The second-order valence-corrected chi connectivity index (χ2v) is 6.79. The number of carbonyl (C=O) groups excluding carboxylic acids is 1. The highest BCUT2D eigenvalue weighted by molar-refractivity contribution is 6.30. The van der Waals surface area contributed by atoms with Crippen molar-refractivity contribution < 1.29 is 4.79 Å². The van der Waals surface area contributed by atoms with Crippen LogP contribution < -0.4 is 10.9 Å². The van der Waals surface area contributed by atoms with Crippen LogP contribution >= 0.6 is 11.6 Å². The lowest BCUT2D eigenvalue weighted by atomic mass is 9.95. The molecule has 25 heavy (non-hydrogen) atoms. The quantitative estimate of drug-likeness (QED) is 0.908. The number of anilines is 1. The van der Waals surface area contributed by atoms with Crippen molar-refractivity contribution in [3.8, 4) is 0 Å². The Labute approximate surface area is 151 Å². The van der Waals surface area contributed by atoms with Crippen molar-refractivity contribution in [1.29, 1.82) is 0 Å². The third kappa shape index (κ3) is 4.67. The summed E-state index contributed by atoms with van der Waals surface area (Å²) < 4.78 is 1.21. The molecule has 0 saturated carbocycles. The molecular formula is C18H21ClN4O2. The van der Waals surface area contributed by atoms with Crippen LogP contribution in [0.3, 0.4) is 0 Å². The number of aryl methyl sites for hydroxylation is 1. The van der Waals surface area contributed by atoms with Gasteiger partial charge in [-0.1, -0.05) is 23.7 Å². The van der Waals surface area contributed by atoms with Crippen molar-refractivity contribution >= 4 is 23.3 Å². The van der Waals surface area contributed by atoms with Gasteiger partial charge in [0.15, 0.2) is 5.82 Å². The number of hydrogen-bond acceptors (Lipinski definition) is 4. The molecule has 1 aliphatic rings. The molecular weight excluding hydrogens is 340 g/mol. The lowest BCUT2D eigenvalue weighted by Gasteiger charge is -2.31. The fourth-order valence-electron chi connectivity index (χ4n) is 3.04. The molecule has 0 aliphatic carbocycles. The number of carbonyl (C=O) groups is 1. The Bertz CT molecular complexity index is 813. The zero-order valence-electron chi connectivity index (χ0n) is 14.1. The fraction of sp³-hybridized carbons (Fsp3) is 0.389. The number of amides is 1. The largest absolute Gasteiger partial charge is 0.309 e. The van der Waals surface area contributed by atoms with Gasteiger partial charge in [-0.2, -0.15) is 5.10 Å². The summed E-state index contributed by atoms with van der Waals surface area (Å²) in [4.78, 5) is 26.1. The number of hydrogen-bond donors (Lipinski definition) is 1. The maximum absolute atomic E-state index is 12.4. The highest BCUT2D eigenvalue weighted by Crippen LogP contribution is 2.21. The van der Waals surface area contributed by atoms with Crippen molar-refractivity contribution in [2.75, 3.05) is 18.4 Å². The summed E-state index contributed by atoms with van der Waals surface area (Å²) in [5, 5.41) is 7.59. The third-order valence-electron chi connectivity index (χ3n) is 4.47. The first-order valence-electron chi connectivity index (χ1n) is 8.33. The van der Waals surface area contributed by atoms with E-state index in [0.717, 1.165) is 37.5 Å². The van der Waals surface area contributed by atoms with E-state index in [0.29, 0.717) is 5.82 Å². The molecule has 1 fully saturated rings. The number of nitrogens with one attached hydrogen (secondary N) is 1. The van der Waals surface area contributed by atoms with E-state index in [4.69, 9.17) is 11.6 Å². The molecule has 7 heteroatoms. The molecule has 1 aromatic heterocycles. The summed E-state index contributed by atoms with van der Waals surface area (Å²) in [5.74, 6) is 0.344. The molecule has 1 saturated heterocycles. The van der Waals surface area contributed by atoms with Gasteiger partial charge < -0.3 is 5.32 Å². The third-order valence-corrected chi connectivity index (χ3v) is 4.70. The van der Waals surface area contributed by atoms with Crippen molar-refractivity contribution in [2.24, 2.45) is 13.0 Å². The van der Waals surface area contributed by atoms with Gasteiger partial charge in [0.2, 0.25) is 5.91 Å². The first kappa shape index (κ1) is 17.6. The van der Waals surface area contributed by atoms with Crippen LogP contribution in [0.15, 0.2) is 41.2 Å². The van der Waals surface area contributed by atoms with Crippen LogP contribution in [0.25, 0.3) is 0 Å². The maximum atomic E-state index is 12.4. The van der Waals surface area contributed by atoms with Gasteiger partial charge in [-0.15, -0.1) is 0 Å². The Hall–Kier alpha value is -2.18. The van der Waals surface area contributed by atoms with Crippen molar-refractivity contribution in [1.82, 2.24) is 14.7 Å². The minimum absolute atomic E-state index is 0.0327. The molecule has 0 spiro atoms. The average Bonchev–Trinajstić information content (AvgIpc) is 2.59. The minimum Gasteiger partial charge on any atom is -0.309 e. The van der Waals surface area contributed by atoms with Gasteiger partial charge in [0.1, 0.15) is 0 Å². The van der Waals surface area contributed by atoms with Gasteiger partial charge >= 0.3 is 0 Å². The number of piperidine rings is 1. The average molecular weight is 361 g/mol. The molecule has 0 bridgehead atoms. The van der Waals surface area contributed by atoms with Gasteiger partial charge in [-0.25, -0.2) is 4.68 Å². The summed E-state index contributed by atoms with van der Waals surface area (Å²) in [6.45, 7) is 2.58. The summed E-state index contributed by atoms with van der Waals surface area (Å²) >= 11 is 6.03. The standard InChI is InChI=1S/C18H21ClN4O2/c1-22-17(24)6-5-16(21-22)20-18(25)14-7-9-23(10-8-14)12-13-3-2-4-15(19)11-13/h2-6,11,14H,7-10,12H2,1H3,(H,20,21,25). The second-order valence-electron chi connectivity index (χ2n) is 6.35. The van der Waals surface area contributed by atoms with Gasteiger partial charge in [0.05, 0.1) is 0 Å². The maximum Gasteiger partial charge on any atom is 0.266 e. The lowest BCUT2D eigenvalue weighted by molar-refractivity contribution is -0.121. The van der Waals surface area contributed by atoms with E-state index >= 15 is 0 Å². The highest BCUT2D eigenvalue weighted by Gasteiger charge is 2.25. The van der Waals surface area contributed by atoms with Gasteiger partial charge in [0, 0.05) is 30.6 Å². The SMILES string of the molecule is Cn1nc(NC(=O)C2CCN(Cc3cccc(Cl)c3)CC2)ccc1=O. The van der Waals surface area contributed by atoms with Crippen molar-refractivity contribution in [3.63, 3.8) is 0 Å². The van der Waals surface area contributed by atoms with E-state index in [9.17, 15) is 9.59 Å². The van der Waals surface area contributed by atoms with E-state index in [2.05, 4.69) is 21.4 Å². The second kappa shape index (κ2) is 7.80. The van der Waals surface area contributed by atoms with E-state index in [1.165, 1.54) is 22.4 Å². The van der Waals surface area contributed by atoms with Crippen LogP contribution in [0.2, 0.25) is 5.02 Å². The number of benzene rings is 1. The Balaban J connectivity index is 1.52. The molecule has 1 aromatic carbocycles. The number of likely N-dealkylation sites (tertiary alicyclic amines) is 1. The summed E-state index contributed by atoms with van der Waals surface area (Å²) in [6, 6.07) is 10.8. The molecule has 1 amide bonds. The Morgan fingerprint density at radius 1 is 1.28 bits per heavy atom. The number of halogens is 1. The van der Waals surface area contributed by atoms with Crippen LogP contribution in [0, 0.1) is 5.92 Å². The zero-order valence-corrected chi connectivity index (χ0v) is 14.9. The first-order chi connectivity index (χ1) is 12.0. The van der Waals surface area contributed by atoms with Crippen LogP contribution in [0.4, 0.5) is 5.82 Å².